The van der Waals surface area contributed by atoms with Crippen molar-refractivity contribution in [3.05, 3.63) is 34.3 Å². The Hall–Kier alpha value is -0.380. The molecule has 0 aromatic heterocycles. The van der Waals surface area contributed by atoms with Crippen LogP contribution in [-0.2, 0) is 6.54 Å². The molecular weight excluding hydrogens is 218 g/mol. The van der Waals surface area contributed by atoms with Crippen LogP contribution in [0.5, 0.6) is 0 Å². The molecule has 2 nitrogen and oxygen atoms in total. The summed E-state index contributed by atoms with van der Waals surface area (Å²) >= 11 is 3.37. The summed E-state index contributed by atoms with van der Waals surface area (Å²) < 4.78 is 1.08. The highest BCUT2D eigenvalue weighted by molar-refractivity contribution is 9.10. The summed E-state index contributed by atoms with van der Waals surface area (Å²) in [5.74, 6) is 0. The lowest BCUT2D eigenvalue weighted by atomic mass is 10.2. The second kappa shape index (κ2) is 4.60. The lowest BCUT2D eigenvalue weighted by Gasteiger charge is -2.12. The standard InChI is InChI=1S/C9H12BrNO/c1-11(7-12)6-8-2-4-9(10)5-3-8/h2-5,12H,6-7H2,1H3. The zero-order valence-electron chi connectivity index (χ0n) is 7.00. The smallest absolute Gasteiger partial charge is 0.0956 e. The van der Waals surface area contributed by atoms with Crippen LogP contribution < -0.4 is 0 Å². The van der Waals surface area contributed by atoms with E-state index < -0.39 is 0 Å². The molecule has 3 heteroatoms. The largest absolute Gasteiger partial charge is 0.381 e. The van der Waals surface area contributed by atoms with Gasteiger partial charge in [-0.25, -0.2) is 0 Å². The van der Waals surface area contributed by atoms with E-state index in [2.05, 4.69) is 15.9 Å². The van der Waals surface area contributed by atoms with E-state index in [1.165, 1.54) is 5.56 Å². The number of aliphatic hydroxyl groups is 1. The molecule has 0 aliphatic rings. The molecular formula is C9H12BrNO. The summed E-state index contributed by atoms with van der Waals surface area (Å²) in [4.78, 5) is 1.84. The van der Waals surface area contributed by atoms with Gasteiger partial charge in [-0.2, -0.15) is 0 Å². The highest BCUT2D eigenvalue weighted by atomic mass is 79.9. The maximum atomic E-state index is 8.77. The molecule has 1 aromatic carbocycles. The van der Waals surface area contributed by atoms with Crippen LogP contribution in [0, 0.1) is 0 Å². The molecule has 0 bridgehead atoms. The fraction of sp³-hybridized carbons (Fsp3) is 0.333. The number of halogens is 1. The average molecular weight is 230 g/mol. The fourth-order valence-corrected chi connectivity index (χ4v) is 1.22. The topological polar surface area (TPSA) is 23.5 Å². The van der Waals surface area contributed by atoms with Crippen molar-refractivity contribution in [2.75, 3.05) is 13.8 Å². The van der Waals surface area contributed by atoms with Gasteiger partial charge < -0.3 is 5.11 Å². The summed E-state index contributed by atoms with van der Waals surface area (Å²) in [6, 6.07) is 8.08. The molecule has 0 aliphatic heterocycles. The van der Waals surface area contributed by atoms with E-state index in [-0.39, 0.29) is 6.73 Å². The Morgan fingerprint density at radius 1 is 1.33 bits per heavy atom. The van der Waals surface area contributed by atoms with E-state index in [9.17, 15) is 0 Å². The van der Waals surface area contributed by atoms with Gasteiger partial charge >= 0.3 is 0 Å². The zero-order chi connectivity index (χ0) is 8.97. The summed E-state index contributed by atoms with van der Waals surface area (Å²) in [5, 5.41) is 8.77. The Balaban J connectivity index is 2.58. The van der Waals surface area contributed by atoms with Gasteiger partial charge in [0.15, 0.2) is 0 Å². The summed E-state index contributed by atoms with van der Waals surface area (Å²) in [5.41, 5.74) is 1.20. The van der Waals surface area contributed by atoms with E-state index in [0.29, 0.717) is 0 Å². The van der Waals surface area contributed by atoms with Gasteiger partial charge in [-0.3, -0.25) is 4.90 Å². The Morgan fingerprint density at radius 3 is 2.42 bits per heavy atom. The SMILES string of the molecule is CN(CO)Cc1ccc(Br)cc1. The second-order valence-corrected chi connectivity index (χ2v) is 3.70. The molecule has 1 rings (SSSR count). The maximum absolute atomic E-state index is 8.77. The van der Waals surface area contributed by atoms with Crippen LogP contribution in [0.2, 0.25) is 0 Å². The van der Waals surface area contributed by atoms with Crippen LogP contribution in [-0.4, -0.2) is 23.8 Å². The molecule has 0 radical (unpaired) electrons. The molecule has 0 saturated heterocycles. The summed E-state index contributed by atoms with van der Waals surface area (Å²) in [7, 11) is 1.88. The van der Waals surface area contributed by atoms with Gasteiger partial charge in [-0.15, -0.1) is 0 Å². The first-order chi connectivity index (χ1) is 5.72. The number of nitrogens with zero attached hydrogens (tertiary/aromatic N) is 1. The minimum Gasteiger partial charge on any atom is -0.381 e. The van der Waals surface area contributed by atoms with Crippen LogP contribution in [0.15, 0.2) is 28.7 Å². The number of rotatable bonds is 3. The van der Waals surface area contributed by atoms with Crippen molar-refractivity contribution >= 4 is 15.9 Å². The summed E-state index contributed by atoms with van der Waals surface area (Å²) in [6.07, 6.45) is 0. The molecule has 1 aromatic rings. The molecule has 12 heavy (non-hydrogen) atoms. The third-order valence-corrected chi connectivity index (χ3v) is 2.14. The highest BCUT2D eigenvalue weighted by Gasteiger charge is 1.96. The van der Waals surface area contributed by atoms with Gasteiger partial charge in [-0.05, 0) is 24.7 Å². The van der Waals surface area contributed by atoms with Crippen LogP contribution in [0.4, 0.5) is 0 Å². The third kappa shape index (κ3) is 2.93. The van der Waals surface area contributed by atoms with E-state index in [0.717, 1.165) is 11.0 Å². The van der Waals surface area contributed by atoms with Gasteiger partial charge in [0.05, 0.1) is 6.73 Å². The molecule has 0 saturated carbocycles. The van der Waals surface area contributed by atoms with Gasteiger partial charge in [0, 0.05) is 11.0 Å². The van der Waals surface area contributed by atoms with E-state index >= 15 is 0 Å². The molecule has 0 spiro atoms. The fourth-order valence-electron chi connectivity index (χ4n) is 0.951. The Morgan fingerprint density at radius 2 is 1.92 bits per heavy atom. The van der Waals surface area contributed by atoms with E-state index in [1.807, 2.05) is 36.2 Å². The Kier molecular flexibility index (Phi) is 3.72. The normalized spacial score (nSPS) is 10.7. The first-order valence-corrected chi connectivity index (χ1v) is 4.55. The number of benzene rings is 1. The molecule has 1 N–H and O–H groups in total. The minimum atomic E-state index is 0.0933. The van der Waals surface area contributed by atoms with Gasteiger partial charge in [0.1, 0.15) is 0 Å². The summed E-state index contributed by atoms with van der Waals surface area (Å²) in [6.45, 7) is 0.875. The van der Waals surface area contributed by atoms with Crippen molar-refractivity contribution in [1.29, 1.82) is 0 Å². The van der Waals surface area contributed by atoms with E-state index in [4.69, 9.17) is 5.11 Å². The van der Waals surface area contributed by atoms with E-state index in [1.54, 1.807) is 0 Å². The van der Waals surface area contributed by atoms with Crippen molar-refractivity contribution in [2.24, 2.45) is 0 Å². The predicted molar refractivity (Wildman–Crippen MR) is 52.7 cm³/mol. The van der Waals surface area contributed by atoms with Gasteiger partial charge in [-0.1, -0.05) is 28.1 Å². The molecule has 0 atom stereocenters. The average Bonchev–Trinajstić information content (AvgIpc) is 2.09. The first kappa shape index (κ1) is 9.71. The Bertz CT molecular complexity index is 235. The van der Waals surface area contributed by atoms with Crippen molar-refractivity contribution in [3.8, 4) is 0 Å². The minimum absolute atomic E-state index is 0.0933. The lowest BCUT2D eigenvalue weighted by molar-refractivity contribution is 0.127. The van der Waals surface area contributed by atoms with Crippen molar-refractivity contribution < 1.29 is 5.11 Å². The van der Waals surface area contributed by atoms with Crippen LogP contribution >= 0.6 is 15.9 Å². The van der Waals surface area contributed by atoms with Crippen molar-refractivity contribution in [1.82, 2.24) is 4.90 Å². The molecule has 0 fully saturated rings. The Labute approximate surface area is 80.9 Å². The monoisotopic (exact) mass is 229 g/mol. The van der Waals surface area contributed by atoms with Crippen molar-refractivity contribution in [2.45, 2.75) is 6.54 Å². The van der Waals surface area contributed by atoms with Crippen LogP contribution in [0.3, 0.4) is 0 Å². The van der Waals surface area contributed by atoms with Crippen molar-refractivity contribution in [3.63, 3.8) is 0 Å². The van der Waals surface area contributed by atoms with Gasteiger partial charge in [0.25, 0.3) is 0 Å². The first-order valence-electron chi connectivity index (χ1n) is 3.76. The molecule has 0 aliphatic carbocycles. The number of aliphatic hydroxyl groups excluding tert-OH is 1. The molecule has 0 amide bonds. The zero-order valence-corrected chi connectivity index (χ0v) is 8.58. The molecule has 66 valence electrons. The quantitative estimate of drug-likeness (QED) is 0.800. The highest BCUT2D eigenvalue weighted by Crippen LogP contribution is 2.11. The van der Waals surface area contributed by atoms with Crippen LogP contribution in [0.25, 0.3) is 0 Å². The molecule has 0 heterocycles. The predicted octanol–water partition coefficient (Wildman–Crippen LogP) is 1.83. The lowest BCUT2D eigenvalue weighted by Crippen LogP contribution is -2.18. The molecule has 0 unspecified atom stereocenters. The third-order valence-electron chi connectivity index (χ3n) is 1.61. The van der Waals surface area contributed by atoms with Gasteiger partial charge in [0.2, 0.25) is 0 Å². The number of hydrogen-bond donors (Lipinski definition) is 1. The van der Waals surface area contributed by atoms with Crippen LogP contribution in [0.1, 0.15) is 5.56 Å². The number of hydrogen-bond acceptors (Lipinski definition) is 2. The maximum Gasteiger partial charge on any atom is 0.0956 e. The second-order valence-electron chi connectivity index (χ2n) is 2.78.